The van der Waals surface area contributed by atoms with Gasteiger partial charge in [0.1, 0.15) is 0 Å². The molecule has 5 heteroatoms. The fourth-order valence-corrected chi connectivity index (χ4v) is 2.81. The molecule has 1 aromatic rings. The number of piperidine rings is 1. The molecule has 0 saturated carbocycles. The third kappa shape index (κ3) is 4.47. The maximum atomic E-state index is 11.0. The summed E-state index contributed by atoms with van der Waals surface area (Å²) in [6, 6.07) is 7.62. The number of β-amino-alcohol motifs (C(OH)–C–C–N with tert-alkyl or cyclic N) is 1. The molecular weight excluding hydrogens is 276 g/mol. The van der Waals surface area contributed by atoms with Gasteiger partial charge in [-0.3, -0.25) is 4.79 Å². The van der Waals surface area contributed by atoms with E-state index in [1.54, 1.807) is 19.1 Å². The Morgan fingerprint density at radius 3 is 2.80 bits per heavy atom. The molecule has 4 nitrogen and oxygen atoms in total. The number of aliphatic hydroxyl groups excluding tert-OH is 1. The van der Waals surface area contributed by atoms with Crippen molar-refractivity contribution in [1.82, 2.24) is 10.2 Å². The van der Waals surface area contributed by atoms with Crippen LogP contribution in [-0.2, 0) is 4.79 Å². The highest BCUT2D eigenvalue weighted by Gasteiger charge is 2.21. The molecule has 0 radical (unpaired) electrons. The number of carbonyl (C=O) groups excluding carboxylic acids is 1. The third-order valence-electron chi connectivity index (χ3n) is 3.66. The number of rotatable bonds is 4. The third-order valence-corrected chi connectivity index (χ3v) is 3.89. The predicted molar refractivity (Wildman–Crippen MR) is 79.7 cm³/mol. The highest BCUT2D eigenvalue weighted by atomic mass is 35.5. The molecule has 1 fully saturated rings. The van der Waals surface area contributed by atoms with Crippen LogP contribution in [0.15, 0.2) is 24.3 Å². The molecule has 1 aliphatic heterocycles. The Kier molecular flexibility index (Phi) is 5.40. The highest BCUT2D eigenvalue weighted by Crippen LogP contribution is 2.20. The zero-order chi connectivity index (χ0) is 14.5. The Morgan fingerprint density at radius 1 is 1.50 bits per heavy atom. The number of amides is 1. The van der Waals surface area contributed by atoms with Gasteiger partial charge < -0.3 is 15.3 Å². The average Bonchev–Trinajstić information content (AvgIpc) is 2.40. The van der Waals surface area contributed by atoms with Crippen LogP contribution in [0.25, 0.3) is 0 Å². The second-order valence-electron chi connectivity index (χ2n) is 5.35. The van der Waals surface area contributed by atoms with Crippen LogP contribution < -0.4 is 5.32 Å². The minimum absolute atomic E-state index is 0.0300. The summed E-state index contributed by atoms with van der Waals surface area (Å²) in [5, 5.41) is 13.8. The number of nitrogens with one attached hydrogen (secondary N) is 1. The molecule has 2 N–H and O–H groups in total. The predicted octanol–water partition coefficient (Wildman–Crippen LogP) is 1.97. The first kappa shape index (κ1) is 15.3. The summed E-state index contributed by atoms with van der Waals surface area (Å²) in [5.41, 5.74) is 0.849. The topological polar surface area (TPSA) is 52.6 Å². The molecular formula is C15H21ClN2O2. The van der Waals surface area contributed by atoms with Crippen molar-refractivity contribution in [3.63, 3.8) is 0 Å². The van der Waals surface area contributed by atoms with Crippen LogP contribution in [0.4, 0.5) is 0 Å². The molecule has 0 bridgehead atoms. The maximum Gasteiger partial charge on any atom is 0.217 e. The van der Waals surface area contributed by atoms with Crippen molar-refractivity contribution < 1.29 is 9.90 Å². The lowest BCUT2D eigenvalue weighted by atomic mass is 10.0. The molecule has 1 heterocycles. The van der Waals surface area contributed by atoms with Gasteiger partial charge in [-0.05, 0) is 30.5 Å². The van der Waals surface area contributed by atoms with Crippen molar-refractivity contribution in [2.24, 2.45) is 0 Å². The molecule has 1 aromatic carbocycles. The van der Waals surface area contributed by atoms with Crippen molar-refractivity contribution in [2.75, 3.05) is 19.6 Å². The SMILES string of the molecule is CC(=O)NC1CCN(CC(O)c2cccc(Cl)c2)CC1. The number of hydrogen-bond donors (Lipinski definition) is 2. The first-order valence-corrected chi connectivity index (χ1v) is 7.35. The Morgan fingerprint density at radius 2 is 2.20 bits per heavy atom. The van der Waals surface area contributed by atoms with E-state index in [-0.39, 0.29) is 11.9 Å². The first-order chi connectivity index (χ1) is 9.54. The highest BCUT2D eigenvalue weighted by molar-refractivity contribution is 6.30. The monoisotopic (exact) mass is 296 g/mol. The summed E-state index contributed by atoms with van der Waals surface area (Å²) >= 11 is 5.93. The van der Waals surface area contributed by atoms with Crippen molar-refractivity contribution >= 4 is 17.5 Å². The van der Waals surface area contributed by atoms with E-state index in [1.807, 2.05) is 12.1 Å². The summed E-state index contributed by atoms with van der Waals surface area (Å²) in [6.07, 6.45) is 1.34. The van der Waals surface area contributed by atoms with Gasteiger partial charge in [0.15, 0.2) is 0 Å². The molecule has 1 atom stereocenters. The van der Waals surface area contributed by atoms with Gasteiger partial charge in [0.25, 0.3) is 0 Å². The van der Waals surface area contributed by atoms with E-state index in [2.05, 4.69) is 10.2 Å². The van der Waals surface area contributed by atoms with E-state index in [4.69, 9.17) is 11.6 Å². The second kappa shape index (κ2) is 7.07. The molecule has 1 amide bonds. The molecule has 20 heavy (non-hydrogen) atoms. The number of likely N-dealkylation sites (tertiary alicyclic amines) is 1. The van der Waals surface area contributed by atoms with Gasteiger partial charge in [-0.2, -0.15) is 0 Å². The standard InChI is InChI=1S/C15H21ClN2O2/c1-11(19)17-14-5-7-18(8-6-14)10-15(20)12-3-2-4-13(16)9-12/h2-4,9,14-15,20H,5-8,10H2,1H3,(H,17,19). The van der Waals surface area contributed by atoms with Crippen LogP contribution in [0.1, 0.15) is 31.4 Å². The molecule has 110 valence electrons. The number of benzene rings is 1. The smallest absolute Gasteiger partial charge is 0.217 e. The number of nitrogens with zero attached hydrogens (tertiary/aromatic N) is 1. The van der Waals surface area contributed by atoms with Crippen molar-refractivity contribution in [1.29, 1.82) is 0 Å². The van der Waals surface area contributed by atoms with Crippen LogP contribution in [0.5, 0.6) is 0 Å². The molecule has 1 aliphatic rings. The summed E-state index contributed by atoms with van der Waals surface area (Å²) < 4.78 is 0. The molecule has 2 rings (SSSR count). The van der Waals surface area contributed by atoms with Gasteiger partial charge >= 0.3 is 0 Å². The maximum absolute atomic E-state index is 11.0. The van der Waals surface area contributed by atoms with Gasteiger partial charge in [-0.1, -0.05) is 23.7 Å². The van der Waals surface area contributed by atoms with Gasteiger partial charge in [-0.25, -0.2) is 0 Å². The number of aliphatic hydroxyl groups is 1. The van der Waals surface area contributed by atoms with E-state index in [1.165, 1.54) is 0 Å². The normalized spacial score (nSPS) is 18.8. The lowest BCUT2D eigenvalue weighted by Gasteiger charge is -2.33. The van der Waals surface area contributed by atoms with Gasteiger partial charge in [0.05, 0.1) is 6.10 Å². The summed E-state index contributed by atoms with van der Waals surface area (Å²) in [6.45, 7) is 3.94. The molecule has 1 saturated heterocycles. The fraction of sp³-hybridized carbons (Fsp3) is 0.533. The largest absolute Gasteiger partial charge is 0.387 e. The van der Waals surface area contributed by atoms with Crippen LogP contribution in [0.3, 0.4) is 0 Å². The van der Waals surface area contributed by atoms with Gasteiger partial charge in [0.2, 0.25) is 5.91 Å². The molecule has 0 aliphatic carbocycles. The van der Waals surface area contributed by atoms with E-state index >= 15 is 0 Å². The lowest BCUT2D eigenvalue weighted by molar-refractivity contribution is -0.120. The first-order valence-electron chi connectivity index (χ1n) is 6.97. The minimum atomic E-state index is -0.522. The molecule has 0 spiro atoms. The number of carbonyl (C=O) groups is 1. The lowest BCUT2D eigenvalue weighted by Crippen LogP contribution is -2.45. The second-order valence-corrected chi connectivity index (χ2v) is 5.78. The van der Waals surface area contributed by atoms with Crippen LogP contribution >= 0.6 is 11.6 Å². The zero-order valence-electron chi connectivity index (χ0n) is 11.7. The van der Waals surface area contributed by atoms with Crippen LogP contribution in [-0.4, -0.2) is 41.6 Å². The number of hydrogen-bond acceptors (Lipinski definition) is 3. The van der Waals surface area contributed by atoms with E-state index in [0.717, 1.165) is 31.5 Å². The zero-order valence-corrected chi connectivity index (χ0v) is 12.4. The van der Waals surface area contributed by atoms with Crippen molar-refractivity contribution in [2.45, 2.75) is 31.9 Å². The number of halogens is 1. The van der Waals surface area contributed by atoms with Crippen molar-refractivity contribution in [3.05, 3.63) is 34.9 Å². The summed E-state index contributed by atoms with van der Waals surface area (Å²) in [7, 11) is 0. The van der Waals surface area contributed by atoms with Crippen molar-refractivity contribution in [3.8, 4) is 0 Å². The Labute approximate surface area is 124 Å². The van der Waals surface area contributed by atoms with Crippen LogP contribution in [0, 0.1) is 0 Å². The Bertz CT molecular complexity index is 459. The Hall–Kier alpha value is -1.10. The van der Waals surface area contributed by atoms with E-state index in [0.29, 0.717) is 11.6 Å². The summed E-state index contributed by atoms with van der Waals surface area (Å²) in [5.74, 6) is 0.0300. The summed E-state index contributed by atoms with van der Waals surface area (Å²) in [4.78, 5) is 13.2. The quantitative estimate of drug-likeness (QED) is 0.893. The minimum Gasteiger partial charge on any atom is -0.387 e. The van der Waals surface area contributed by atoms with E-state index in [9.17, 15) is 9.90 Å². The van der Waals surface area contributed by atoms with E-state index < -0.39 is 6.10 Å². The van der Waals surface area contributed by atoms with Crippen LogP contribution in [0.2, 0.25) is 5.02 Å². The Balaban J connectivity index is 1.82. The molecule has 1 unspecified atom stereocenters. The molecule has 0 aromatic heterocycles. The average molecular weight is 297 g/mol. The van der Waals surface area contributed by atoms with Gasteiger partial charge in [-0.15, -0.1) is 0 Å². The fourth-order valence-electron chi connectivity index (χ4n) is 2.61. The van der Waals surface area contributed by atoms with Gasteiger partial charge in [0, 0.05) is 37.6 Å².